The van der Waals surface area contributed by atoms with Crippen LogP contribution < -0.4 is 33.0 Å². The highest BCUT2D eigenvalue weighted by molar-refractivity contribution is 7.67. The fraction of sp³-hybridized carbons (Fsp3) is 0.500. The normalized spacial score (nSPS) is 17.1. The molecule has 0 spiro atoms. The number of esters is 1. The van der Waals surface area contributed by atoms with E-state index in [0.29, 0.717) is 17.5 Å². The molecule has 3 unspecified atom stereocenters. The van der Waals surface area contributed by atoms with Gasteiger partial charge in [-0.15, -0.1) is 0 Å². The van der Waals surface area contributed by atoms with Gasteiger partial charge in [-0.25, -0.2) is 23.3 Å². The molecule has 65 heavy (non-hydrogen) atoms. The summed E-state index contributed by atoms with van der Waals surface area (Å²) in [5, 5.41) is 0. The van der Waals surface area contributed by atoms with Crippen LogP contribution in [-0.2, 0) is 63.4 Å². The second-order valence-electron chi connectivity index (χ2n) is 14.3. The van der Waals surface area contributed by atoms with Gasteiger partial charge in [0.1, 0.15) is 17.6 Å². The molecule has 0 radical (unpaired) electrons. The number of hydrogen-bond donors (Lipinski definition) is 5. The third-order valence-electron chi connectivity index (χ3n) is 9.10. The van der Waals surface area contributed by atoms with Crippen LogP contribution in [0.25, 0.3) is 0 Å². The Balaban J connectivity index is 0.00000726. The predicted molar refractivity (Wildman–Crippen MR) is 237 cm³/mol. The summed E-state index contributed by atoms with van der Waals surface area (Å²) in [5.74, 6) is -0.156. The van der Waals surface area contributed by atoms with E-state index in [9.17, 15) is 42.7 Å². The van der Waals surface area contributed by atoms with Crippen LogP contribution in [0.2, 0.25) is 0 Å². The minimum atomic E-state index is -5.81. The fourth-order valence-electron chi connectivity index (χ4n) is 5.75. The number of aryl methyl sites for hydroxylation is 1. The molecule has 2 aromatic carbocycles. The van der Waals surface area contributed by atoms with Gasteiger partial charge in [-0.05, 0) is 54.8 Å². The highest BCUT2D eigenvalue weighted by Crippen LogP contribution is 2.69. The molecule has 22 nitrogen and oxygen atoms in total. The molecule has 0 fully saturated rings. The van der Waals surface area contributed by atoms with Crippen molar-refractivity contribution in [2.24, 2.45) is 0 Å². The summed E-state index contributed by atoms with van der Waals surface area (Å²) in [5.41, 5.74) is -0.549. The number of aromatic nitrogens is 2. The monoisotopic (exact) mass is 978 g/mol. The van der Waals surface area contributed by atoms with E-state index in [1.807, 2.05) is 0 Å². The van der Waals surface area contributed by atoms with Crippen LogP contribution in [0.4, 0.5) is 4.79 Å². The van der Waals surface area contributed by atoms with Gasteiger partial charge in [0.05, 0.1) is 26.4 Å². The van der Waals surface area contributed by atoms with E-state index in [4.69, 9.17) is 36.8 Å². The van der Waals surface area contributed by atoms with Crippen molar-refractivity contribution in [3.63, 3.8) is 0 Å². The Morgan fingerprint density at radius 1 is 0.723 bits per heavy atom. The molecule has 0 bridgehead atoms. The lowest BCUT2D eigenvalue weighted by Crippen LogP contribution is -2.33. The zero-order valence-corrected chi connectivity index (χ0v) is 39.4. The molecule has 0 saturated heterocycles. The van der Waals surface area contributed by atoms with Gasteiger partial charge in [0, 0.05) is 18.2 Å². The number of rotatable bonds is 28. The van der Waals surface area contributed by atoms with E-state index >= 15 is 0 Å². The zero-order valence-electron chi connectivity index (χ0n) is 36.7. The van der Waals surface area contributed by atoms with E-state index < -0.39 is 79.0 Å². The third kappa shape index (κ3) is 20.9. The Labute approximate surface area is 376 Å². The van der Waals surface area contributed by atoms with Crippen LogP contribution in [0, 0.1) is 6.92 Å². The maximum absolute atomic E-state index is 13.9. The van der Waals surface area contributed by atoms with E-state index in [0.717, 1.165) is 23.8 Å². The lowest BCUT2D eigenvalue weighted by Gasteiger charge is -2.22. The van der Waals surface area contributed by atoms with E-state index in [-0.39, 0.29) is 42.4 Å². The smallest absolute Gasteiger partial charge is 0.434 e. The topological polar surface area (TPSA) is 334 Å². The molecule has 9 N–H and O–H groups in total. The number of benzene rings is 2. The van der Waals surface area contributed by atoms with Gasteiger partial charge in [0.25, 0.3) is 5.56 Å². The third-order valence-corrected chi connectivity index (χ3v) is 13.7. The molecular formula is C40H61N4O18P3. The molecule has 25 heteroatoms. The van der Waals surface area contributed by atoms with Gasteiger partial charge < -0.3 is 41.0 Å². The van der Waals surface area contributed by atoms with Gasteiger partial charge in [0.15, 0.2) is 6.23 Å². The minimum absolute atomic E-state index is 0. The molecule has 0 aliphatic carbocycles. The second kappa shape index (κ2) is 28.2. The number of hydrogen-bond acceptors (Lipinski definition) is 18. The van der Waals surface area contributed by atoms with Crippen molar-refractivity contribution in [3.8, 4) is 11.5 Å². The molecule has 2 heterocycles. The van der Waals surface area contributed by atoms with Crippen molar-refractivity contribution >= 4 is 35.6 Å². The number of phosphoric acid groups is 3. The average Bonchev–Trinajstić information content (AvgIpc) is 3.71. The lowest BCUT2D eigenvalue weighted by atomic mass is 10.1. The first-order valence-corrected chi connectivity index (χ1v) is 24.9. The van der Waals surface area contributed by atoms with Crippen LogP contribution in [0.1, 0.15) is 107 Å². The first kappa shape index (κ1) is 57.0. The van der Waals surface area contributed by atoms with Crippen molar-refractivity contribution in [2.45, 2.75) is 117 Å². The van der Waals surface area contributed by atoms with Crippen molar-refractivity contribution < 1.29 is 74.2 Å². The summed E-state index contributed by atoms with van der Waals surface area (Å²) < 4.78 is 86.5. The van der Waals surface area contributed by atoms with Crippen LogP contribution in [0.3, 0.4) is 0 Å². The van der Waals surface area contributed by atoms with Crippen molar-refractivity contribution in [3.05, 3.63) is 104 Å². The summed E-state index contributed by atoms with van der Waals surface area (Å²) in [6.45, 7) is 3.61. The van der Waals surface area contributed by atoms with Crippen LogP contribution >= 0.6 is 23.5 Å². The number of carbonyl (C=O) groups excluding carboxylic acids is 2. The van der Waals surface area contributed by atoms with Crippen LogP contribution in [0.15, 0.2) is 76.5 Å². The Morgan fingerprint density at radius 3 is 1.82 bits per heavy atom. The zero-order chi connectivity index (χ0) is 45.9. The summed E-state index contributed by atoms with van der Waals surface area (Å²) in [7, 11) is -16.4. The molecule has 5 atom stereocenters. The average molecular weight is 979 g/mol. The van der Waals surface area contributed by atoms with Crippen molar-refractivity contribution in [1.29, 1.82) is 0 Å². The maximum atomic E-state index is 13.9. The quantitative estimate of drug-likeness (QED) is 0.0113. The number of nitrogens with one attached hydrogen (secondary N) is 1. The summed E-state index contributed by atoms with van der Waals surface area (Å²) in [4.78, 5) is 70.7. The first-order chi connectivity index (χ1) is 30.0. The fourth-order valence-corrected chi connectivity index (χ4v) is 9.78. The van der Waals surface area contributed by atoms with E-state index in [1.165, 1.54) is 112 Å². The van der Waals surface area contributed by atoms with Gasteiger partial charge in [0.2, 0.25) is 0 Å². The first-order valence-electron chi connectivity index (χ1n) is 20.5. The molecule has 1 aliphatic rings. The molecule has 4 rings (SSSR count). The van der Waals surface area contributed by atoms with E-state index in [1.54, 1.807) is 6.92 Å². The predicted octanol–water partition coefficient (Wildman–Crippen LogP) is 9.17. The lowest BCUT2D eigenvalue weighted by molar-refractivity contribution is -0.134. The molecular weight excluding hydrogens is 917 g/mol. The number of nitrogens with zero attached hydrogens (tertiary/aromatic N) is 1. The van der Waals surface area contributed by atoms with Crippen molar-refractivity contribution in [1.82, 2.24) is 21.9 Å². The Hall–Kier alpha value is -4.11. The minimum Gasteiger partial charge on any atom is -0.434 e. The summed E-state index contributed by atoms with van der Waals surface area (Å²) in [6.07, 6.45) is 12.5. The van der Waals surface area contributed by atoms with Crippen LogP contribution in [0.5, 0.6) is 11.5 Å². The number of ether oxygens (including phenoxy) is 4. The van der Waals surface area contributed by atoms with E-state index in [2.05, 4.69) is 16.2 Å². The molecule has 364 valence electrons. The van der Waals surface area contributed by atoms with Gasteiger partial charge in [-0.1, -0.05) is 102 Å². The number of carbonyl (C=O) groups is 2. The Morgan fingerprint density at radius 2 is 1.26 bits per heavy atom. The maximum Gasteiger partial charge on any atom is 0.513 e. The Bertz CT molecular complexity index is 2240. The van der Waals surface area contributed by atoms with Gasteiger partial charge >= 0.3 is 41.3 Å². The largest absolute Gasteiger partial charge is 0.513 e. The van der Waals surface area contributed by atoms with Gasteiger partial charge in [-0.2, -0.15) is 8.62 Å². The molecule has 0 amide bonds. The van der Waals surface area contributed by atoms with Gasteiger partial charge in [-0.3, -0.25) is 32.7 Å². The Kier molecular flexibility index (Phi) is 24.7. The highest BCUT2D eigenvalue weighted by atomic mass is 31.3. The second-order valence-corrected chi connectivity index (χ2v) is 19.2. The number of phosphoric ester groups is 2. The molecule has 1 aromatic heterocycles. The highest BCUT2D eigenvalue weighted by Gasteiger charge is 2.44. The SMILES string of the molecule is CCCCCCCCCCCCOC(=O)Oc1ccc(COP(=O)(OCc2ccc(OC(=O)CC)cc2)OP(=O)(O)OP(=O)(O)OC[C@@H]2C=C[C@H](n3cc(C)c(=O)[nH]c3=O)O2)cc1.N.N. The summed E-state index contributed by atoms with van der Waals surface area (Å²) >= 11 is 0. The summed E-state index contributed by atoms with van der Waals surface area (Å²) in [6, 6.07) is 11.3. The number of unbranched alkanes of at least 4 members (excludes halogenated alkanes) is 9. The number of H-pyrrole nitrogens is 1. The van der Waals surface area contributed by atoms with Crippen LogP contribution in [-0.4, -0.2) is 50.8 Å². The molecule has 3 aromatic rings. The molecule has 1 aliphatic heterocycles. The standard InChI is InChI=1S/C40H55N2O18P3.2H3N/c1-4-6-7-8-9-10-11-12-13-14-25-52-40(46)58-34-21-17-32(18-22-34)28-55-63(51,54-27-31-15-19-33(20-16-31)57-37(43)5-2)60-62(49,50)59-61(47,48)53-29-35-23-24-36(56-35)42-26-30(3)38(44)41-39(42)45;;/h15-24,26,35-36H,4-14,25,27-29H2,1-3H3,(H,47,48)(H,49,50)(H,41,44,45);2*1H3/t35-,36+,63?;;/m0../s1. The molecule has 0 saturated carbocycles. The number of aromatic amines is 1. The van der Waals surface area contributed by atoms with Crippen molar-refractivity contribution in [2.75, 3.05) is 13.2 Å².